The van der Waals surface area contributed by atoms with E-state index in [2.05, 4.69) is 10.3 Å². The highest BCUT2D eigenvalue weighted by atomic mass is 16.5. The number of hydrogen-bond donors (Lipinski definition) is 1. The lowest BCUT2D eigenvalue weighted by Gasteiger charge is -2.32. The standard InChI is InChI=1S/C23H29N3O4/c1-17-8-9-20(23(28)24-12-15-30-19-6-4-3-5-7-19)22(25-17)18-10-13-26(14-11-18)21(27)16-29-2/h3-9,18H,10-16H2,1-2H3,(H,24,28). The van der Waals surface area contributed by atoms with E-state index >= 15 is 0 Å². The highest BCUT2D eigenvalue weighted by molar-refractivity contribution is 5.95. The van der Waals surface area contributed by atoms with Crippen molar-refractivity contribution >= 4 is 11.8 Å². The predicted molar refractivity (Wildman–Crippen MR) is 114 cm³/mol. The third kappa shape index (κ3) is 5.79. The van der Waals surface area contributed by atoms with E-state index in [1.165, 1.54) is 7.11 Å². The molecular formula is C23H29N3O4. The van der Waals surface area contributed by atoms with Gasteiger partial charge in [-0.1, -0.05) is 18.2 Å². The van der Waals surface area contributed by atoms with Gasteiger partial charge in [0.15, 0.2) is 0 Å². The minimum Gasteiger partial charge on any atom is -0.492 e. The Labute approximate surface area is 177 Å². The van der Waals surface area contributed by atoms with E-state index in [1.807, 2.05) is 54.3 Å². The number of methoxy groups -OCH3 is 1. The number of benzene rings is 1. The second-order valence-electron chi connectivity index (χ2n) is 7.39. The van der Waals surface area contributed by atoms with Crippen LogP contribution < -0.4 is 10.1 Å². The maximum Gasteiger partial charge on any atom is 0.253 e. The molecule has 1 N–H and O–H groups in total. The molecule has 0 aliphatic carbocycles. The zero-order chi connectivity index (χ0) is 21.3. The molecule has 160 valence electrons. The average Bonchev–Trinajstić information content (AvgIpc) is 2.77. The Balaban J connectivity index is 1.58. The molecule has 2 amide bonds. The van der Waals surface area contributed by atoms with Crippen molar-refractivity contribution < 1.29 is 19.1 Å². The van der Waals surface area contributed by atoms with E-state index in [4.69, 9.17) is 9.47 Å². The van der Waals surface area contributed by atoms with Crippen molar-refractivity contribution in [2.75, 3.05) is 40.0 Å². The number of rotatable bonds is 8. The quantitative estimate of drug-likeness (QED) is 0.675. The number of nitrogens with one attached hydrogen (secondary N) is 1. The third-order valence-electron chi connectivity index (χ3n) is 5.21. The first-order valence-electron chi connectivity index (χ1n) is 10.3. The molecule has 1 aromatic heterocycles. The second kappa shape index (κ2) is 10.7. The van der Waals surface area contributed by atoms with Crippen molar-refractivity contribution in [2.45, 2.75) is 25.7 Å². The molecular weight excluding hydrogens is 382 g/mol. The minimum atomic E-state index is -0.146. The van der Waals surface area contributed by atoms with Crippen LogP contribution in [0, 0.1) is 6.92 Å². The first-order chi connectivity index (χ1) is 14.6. The van der Waals surface area contributed by atoms with Crippen LogP contribution in [0.3, 0.4) is 0 Å². The van der Waals surface area contributed by atoms with E-state index < -0.39 is 0 Å². The van der Waals surface area contributed by atoms with Gasteiger partial charge < -0.3 is 19.7 Å². The largest absolute Gasteiger partial charge is 0.492 e. The smallest absolute Gasteiger partial charge is 0.253 e. The van der Waals surface area contributed by atoms with Gasteiger partial charge in [0.2, 0.25) is 5.91 Å². The summed E-state index contributed by atoms with van der Waals surface area (Å²) in [7, 11) is 1.52. The molecule has 7 heteroatoms. The molecule has 0 bridgehead atoms. The lowest BCUT2D eigenvalue weighted by atomic mass is 9.89. The van der Waals surface area contributed by atoms with Crippen LogP contribution in [0.15, 0.2) is 42.5 Å². The Morgan fingerprint density at radius 2 is 1.87 bits per heavy atom. The summed E-state index contributed by atoms with van der Waals surface area (Å²) >= 11 is 0. The Morgan fingerprint density at radius 1 is 1.13 bits per heavy atom. The van der Waals surface area contributed by atoms with Crippen molar-refractivity contribution in [3.8, 4) is 5.75 Å². The Bertz CT molecular complexity index is 849. The van der Waals surface area contributed by atoms with Crippen LogP contribution in [0.1, 0.15) is 40.5 Å². The number of aromatic nitrogens is 1. The van der Waals surface area contributed by atoms with Gasteiger partial charge in [-0.15, -0.1) is 0 Å². The molecule has 2 heterocycles. The lowest BCUT2D eigenvalue weighted by molar-refractivity contribution is -0.136. The van der Waals surface area contributed by atoms with Crippen molar-refractivity contribution in [1.29, 1.82) is 0 Å². The molecule has 3 rings (SSSR count). The van der Waals surface area contributed by atoms with Crippen molar-refractivity contribution in [1.82, 2.24) is 15.2 Å². The Morgan fingerprint density at radius 3 is 2.57 bits per heavy atom. The third-order valence-corrected chi connectivity index (χ3v) is 5.21. The van der Waals surface area contributed by atoms with E-state index in [-0.39, 0.29) is 24.3 Å². The normalized spacial score (nSPS) is 14.4. The average molecular weight is 412 g/mol. The maximum absolute atomic E-state index is 12.8. The van der Waals surface area contributed by atoms with Gasteiger partial charge >= 0.3 is 0 Å². The highest BCUT2D eigenvalue weighted by Crippen LogP contribution is 2.29. The SMILES string of the molecule is COCC(=O)N1CCC(c2nc(C)ccc2C(=O)NCCOc2ccccc2)CC1. The van der Waals surface area contributed by atoms with Crippen LogP contribution in [0.5, 0.6) is 5.75 Å². The number of ether oxygens (including phenoxy) is 2. The molecule has 1 aromatic carbocycles. The van der Waals surface area contributed by atoms with Crippen LogP contribution in [-0.4, -0.2) is 61.7 Å². The molecule has 0 spiro atoms. The molecule has 1 aliphatic rings. The second-order valence-corrected chi connectivity index (χ2v) is 7.39. The molecule has 7 nitrogen and oxygen atoms in total. The van der Waals surface area contributed by atoms with E-state index in [9.17, 15) is 9.59 Å². The van der Waals surface area contributed by atoms with E-state index in [0.29, 0.717) is 31.8 Å². The molecule has 1 aliphatic heterocycles. The highest BCUT2D eigenvalue weighted by Gasteiger charge is 2.27. The van der Waals surface area contributed by atoms with Crippen molar-refractivity contribution in [3.05, 3.63) is 59.4 Å². The number of carbonyl (C=O) groups excluding carboxylic acids is 2. The molecule has 0 atom stereocenters. The number of hydrogen-bond acceptors (Lipinski definition) is 5. The summed E-state index contributed by atoms with van der Waals surface area (Å²) in [6.45, 7) is 4.13. The predicted octanol–water partition coefficient (Wildman–Crippen LogP) is 2.55. The lowest BCUT2D eigenvalue weighted by Crippen LogP contribution is -2.40. The zero-order valence-electron chi connectivity index (χ0n) is 17.6. The Hall–Kier alpha value is -2.93. The monoisotopic (exact) mass is 411 g/mol. The fourth-order valence-electron chi connectivity index (χ4n) is 3.64. The van der Waals surface area contributed by atoms with Crippen LogP contribution in [-0.2, 0) is 9.53 Å². The number of likely N-dealkylation sites (tertiary alicyclic amines) is 1. The first-order valence-corrected chi connectivity index (χ1v) is 10.3. The van der Waals surface area contributed by atoms with E-state index in [0.717, 1.165) is 30.0 Å². The van der Waals surface area contributed by atoms with Gasteiger partial charge in [0, 0.05) is 31.8 Å². The van der Waals surface area contributed by atoms with Gasteiger partial charge in [0.1, 0.15) is 19.0 Å². The summed E-state index contributed by atoms with van der Waals surface area (Å²) in [5, 5.41) is 2.93. The van der Waals surface area contributed by atoms with Crippen molar-refractivity contribution in [3.63, 3.8) is 0 Å². The summed E-state index contributed by atoms with van der Waals surface area (Å²) in [5.74, 6) is 0.786. The number of aryl methyl sites for hydroxylation is 1. The number of pyridine rings is 1. The van der Waals surface area contributed by atoms with Crippen LogP contribution in [0.4, 0.5) is 0 Å². The molecule has 1 fully saturated rings. The van der Waals surface area contributed by atoms with Gasteiger partial charge in [-0.05, 0) is 44.0 Å². The van der Waals surface area contributed by atoms with Gasteiger partial charge in [-0.25, -0.2) is 0 Å². The summed E-state index contributed by atoms with van der Waals surface area (Å²) in [6.07, 6.45) is 1.56. The van der Waals surface area contributed by atoms with Gasteiger partial charge in [0.25, 0.3) is 5.91 Å². The maximum atomic E-state index is 12.8. The molecule has 1 saturated heterocycles. The molecule has 0 radical (unpaired) electrons. The fraction of sp³-hybridized carbons (Fsp3) is 0.435. The fourth-order valence-corrected chi connectivity index (χ4v) is 3.64. The number of piperidine rings is 1. The number of nitrogens with zero attached hydrogens (tertiary/aromatic N) is 2. The van der Waals surface area contributed by atoms with Gasteiger partial charge in [-0.2, -0.15) is 0 Å². The van der Waals surface area contributed by atoms with Gasteiger partial charge in [0.05, 0.1) is 17.8 Å². The topological polar surface area (TPSA) is 80.8 Å². The van der Waals surface area contributed by atoms with Gasteiger partial charge in [-0.3, -0.25) is 14.6 Å². The summed E-state index contributed by atoms with van der Waals surface area (Å²) in [4.78, 5) is 31.3. The summed E-state index contributed by atoms with van der Waals surface area (Å²) in [6, 6.07) is 13.2. The number of para-hydroxylation sites is 1. The summed E-state index contributed by atoms with van der Waals surface area (Å²) in [5.41, 5.74) is 2.30. The molecule has 0 unspecified atom stereocenters. The van der Waals surface area contributed by atoms with Crippen LogP contribution in [0.25, 0.3) is 0 Å². The first kappa shape index (κ1) is 21.8. The Kier molecular flexibility index (Phi) is 7.79. The van der Waals surface area contributed by atoms with E-state index in [1.54, 1.807) is 0 Å². The van der Waals surface area contributed by atoms with Crippen molar-refractivity contribution in [2.24, 2.45) is 0 Å². The molecule has 30 heavy (non-hydrogen) atoms. The molecule has 0 saturated carbocycles. The number of carbonyl (C=O) groups is 2. The van der Waals surface area contributed by atoms with Crippen LogP contribution >= 0.6 is 0 Å². The van der Waals surface area contributed by atoms with Crippen LogP contribution in [0.2, 0.25) is 0 Å². The molecule has 2 aromatic rings. The zero-order valence-corrected chi connectivity index (χ0v) is 17.6. The summed E-state index contributed by atoms with van der Waals surface area (Å²) < 4.78 is 10.6. The minimum absolute atomic E-state index is 0.00420. The number of amides is 2.